The second kappa shape index (κ2) is 3.21. The topological polar surface area (TPSA) is 17.1 Å². The maximum Gasteiger partial charge on any atom is 0.155 e. The fraction of sp³-hybridized carbons (Fsp3) is 0.300. The number of hydrogen-bond donors (Lipinski definition) is 0. The van der Waals surface area contributed by atoms with E-state index in [-0.39, 0.29) is 5.78 Å². The summed E-state index contributed by atoms with van der Waals surface area (Å²) in [5, 5.41) is 0. The van der Waals surface area contributed by atoms with E-state index in [1.54, 1.807) is 6.92 Å². The number of carbonyl (C=O) groups is 1. The van der Waals surface area contributed by atoms with E-state index in [0.717, 1.165) is 24.0 Å². The molecule has 0 unspecified atom stereocenters. The van der Waals surface area contributed by atoms with Crippen LogP contribution in [0.3, 0.4) is 0 Å². The monoisotopic (exact) mass is 146 g/mol. The highest BCUT2D eigenvalue weighted by atomic mass is 16.1. The van der Waals surface area contributed by atoms with Crippen LogP contribution in [0.2, 0.25) is 0 Å². The first-order valence-corrected chi connectivity index (χ1v) is 3.61. The van der Waals surface area contributed by atoms with Gasteiger partial charge in [0.2, 0.25) is 0 Å². The highest BCUT2D eigenvalue weighted by Crippen LogP contribution is 2.17. The zero-order chi connectivity index (χ0) is 8.27. The number of carbonyl (C=O) groups excluding carboxylic acids is 1. The molecule has 0 aromatic rings. The van der Waals surface area contributed by atoms with Gasteiger partial charge >= 0.3 is 0 Å². The van der Waals surface area contributed by atoms with Crippen molar-refractivity contribution in [3.05, 3.63) is 23.3 Å². The first kappa shape index (κ1) is 7.81. The average molecular weight is 146 g/mol. The van der Waals surface area contributed by atoms with Crippen molar-refractivity contribution in [1.82, 2.24) is 0 Å². The minimum atomic E-state index is 0.150. The summed E-state index contributed by atoms with van der Waals surface area (Å²) in [6, 6.07) is 0. The second-order valence-electron chi connectivity index (χ2n) is 2.58. The summed E-state index contributed by atoms with van der Waals surface area (Å²) in [5.74, 6) is 2.72. The minimum absolute atomic E-state index is 0.150. The number of hydrogen-bond acceptors (Lipinski definition) is 1. The van der Waals surface area contributed by atoms with Gasteiger partial charge in [0.05, 0.1) is 0 Å². The predicted octanol–water partition coefficient (Wildman–Crippen LogP) is 1.86. The third-order valence-electron chi connectivity index (χ3n) is 1.79. The summed E-state index contributed by atoms with van der Waals surface area (Å²) in [5.41, 5.74) is 1.86. The van der Waals surface area contributed by atoms with E-state index < -0.39 is 0 Å². The van der Waals surface area contributed by atoms with Crippen molar-refractivity contribution in [3.8, 4) is 12.3 Å². The molecule has 1 aliphatic rings. The lowest BCUT2D eigenvalue weighted by Gasteiger charge is -2.07. The summed E-state index contributed by atoms with van der Waals surface area (Å²) in [6.07, 6.45) is 10.5. The van der Waals surface area contributed by atoms with Crippen molar-refractivity contribution in [2.24, 2.45) is 0 Å². The minimum Gasteiger partial charge on any atom is -0.295 e. The van der Waals surface area contributed by atoms with Crippen molar-refractivity contribution in [2.75, 3.05) is 0 Å². The predicted molar refractivity (Wildman–Crippen MR) is 44.9 cm³/mol. The Hall–Kier alpha value is -1.29. The quantitative estimate of drug-likeness (QED) is 0.516. The number of ketones is 1. The van der Waals surface area contributed by atoms with Crippen LogP contribution in [0.25, 0.3) is 0 Å². The van der Waals surface area contributed by atoms with E-state index in [2.05, 4.69) is 5.92 Å². The molecule has 0 spiro atoms. The molecule has 0 bridgehead atoms. The molecular formula is C10H10O. The van der Waals surface area contributed by atoms with Crippen LogP contribution in [0.15, 0.2) is 23.3 Å². The number of allylic oxidation sites excluding steroid dienone is 4. The van der Waals surface area contributed by atoms with Gasteiger partial charge in [0.15, 0.2) is 5.78 Å². The third-order valence-corrected chi connectivity index (χ3v) is 1.79. The van der Waals surface area contributed by atoms with E-state index >= 15 is 0 Å². The van der Waals surface area contributed by atoms with Crippen LogP contribution in [0.4, 0.5) is 0 Å². The molecule has 0 heterocycles. The Morgan fingerprint density at radius 1 is 1.55 bits per heavy atom. The molecule has 1 heteroatoms. The van der Waals surface area contributed by atoms with E-state index in [0.29, 0.717) is 0 Å². The molecule has 1 aliphatic carbocycles. The second-order valence-corrected chi connectivity index (χ2v) is 2.58. The molecule has 11 heavy (non-hydrogen) atoms. The largest absolute Gasteiger partial charge is 0.295 e. The third kappa shape index (κ3) is 1.81. The Labute approximate surface area is 66.8 Å². The van der Waals surface area contributed by atoms with Gasteiger partial charge in [0.1, 0.15) is 0 Å². The summed E-state index contributed by atoms with van der Waals surface area (Å²) >= 11 is 0. The number of terminal acetylenes is 1. The van der Waals surface area contributed by atoms with Crippen molar-refractivity contribution in [2.45, 2.75) is 19.8 Å². The van der Waals surface area contributed by atoms with Gasteiger partial charge in [-0.05, 0) is 25.3 Å². The van der Waals surface area contributed by atoms with Gasteiger partial charge < -0.3 is 0 Å². The van der Waals surface area contributed by atoms with E-state index in [1.165, 1.54) is 0 Å². The zero-order valence-electron chi connectivity index (χ0n) is 6.55. The van der Waals surface area contributed by atoms with Gasteiger partial charge in [-0.2, -0.15) is 0 Å². The normalized spacial score (nSPS) is 16.4. The lowest BCUT2D eigenvalue weighted by molar-refractivity contribution is -0.113. The number of Topliss-reactive ketones (excluding diaryl/α,β-unsaturated/α-hetero) is 1. The van der Waals surface area contributed by atoms with Crippen LogP contribution in [0, 0.1) is 12.3 Å². The maximum atomic E-state index is 10.8. The molecule has 56 valence electrons. The van der Waals surface area contributed by atoms with E-state index in [4.69, 9.17) is 6.42 Å². The van der Waals surface area contributed by atoms with Gasteiger partial charge in [0, 0.05) is 5.57 Å². The van der Waals surface area contributed by atoms with Crippen molar-refractivity contribution >= 4 is 5.78 Å². The summed E-state index contributed by atoms with van der Waals surface area (Å²) in [6.45, 7) is 1.58. The molecule has 0 radical (unpaired) electrons. The van der Waals surface area contributed by atoms with Gasteiger partial charge in [-0.25, -0.2) is 0 Å². The first-order valence-electron chi connectivity index (χ1n) is 3.61. The Balaban J connectivity index is 2.79. The standard InChI is InChI=1S/C10H10O/c1-3-9-4-6-10(7-5-9)8(2)11/h1,4,6H,5,7H2,2H3. The highest BCUT2D eigenvalue weighted by molar-refractivity contribution is 5.93. The van der Waals surface area contributed by atoms with Crippen molar-refractivity contribution < 1.29 is 4.79 Å². The van der Waals surface area contributed by atoms with Crippen LogP contribution >= 0.6 is 0 Å². The Morgan fingerprint density at radius 2 is 2.27 bits per heavy atom. The van der Waals surface area contributed by atoms with Gasteiger partial charge in [-0.15, -0.1) is 6.42 Å². The van der Waals surface area contributed by atoms with Crippen LogP contribution in [0.5, 0.6) is 0 Å². The lowest BCUT2D eigenvalue weighted by atomic mass is 9.97. The smallest absolute Gasteiger partial charge is 0.155 e. The van der Waals surface area contributed by atoms with E-state index in [1.807, 2.05) is 12.2 Å². The molecule has 0 amide bonds. The van der Waals surface area contributed by atoms with E-state index in [9.17, 15) is 4.79 Å². The molecule has 1 nitrogen and oxygen atoms in total. The van der Waals surface area contributed by atoms with Crippen molar-refractivity contribution in [3.63, 3.8) is 0 Å². The summed E-state index contributed by atoms with van der Waals surface area (Å²) < 4.78 is 0. The van der Waals surface area contributed by atoms with Gasteiger partial charge in [-0.3, -0.25) is 4.79 Å². The fourth-order valence-corrected chi connectivity index (χ4v) is 1.05. The Kier molecular flexibility index (Phi) is 2.28. The summed E-state index contributed by atoms with van der Waals surface area (Å²) in [7, 11) is 0. The molecular weight excluding hydrogens is 136 g/mol. The van der Waals surface area contributed by atoms with Crippen LogP contribution in [0.1, 0.15) is 19.8 Å². The zero-order valence-corrected chi connectivity index (χ0v) is 6.55. The molecule has 0 atom stereocenters. The molecule has 0 N–H and O–H groups in total. The highest BCUT2D eigenvalue weighted by Gasteiger charge is 2.07. The SMILES string of the molecule is C#CC1=CC=C(C(C)=O)CC1. The first-order chi connectivity index (χ1) is 5.24. The molecule has 1 rings (SSSR count). The fourth-order valence-electron chi connectivity index (χ4n) is 1.05. The van der Waals surface area contributed by atoms with Gasteiger partial charge in [-0.1, -0.05) is 18.1 Å². The molecule has 0 saturated heterocycles. The van der Waals surface area contributed by atoms with Crippen molar-refractivity contribution in [1.29, 1.82) is 0 Å². The molecule has 0 saturated carbocycles. The van der Waals surface area contributed by atoms with Crippen LogP contribution in [-0.2, 0) is 4.79 Å². The summed E-state index contributed by atoms with van der Waals surface area (Å²) in [4.78, 5) is 10.8. The average Bonchev–Trinajstić information content (AvgIpc) is 2.05. The van der Waals surface area contributed by atoms with Gasteiger partial charge in [0.25, 0.3) is 0 Å². The Morgan fingerprint density at radius 3 is 2.64 bits per heavy atom. The molecule has 0 aromatic heterocycles. The molecule has 0 aliphatic heterocycles. The number of rotatable bonds is 1. The van der Waals surface area contributed by atoms with Crippen LogP contribution in [-0.4, -0.2) is 5.78 Å². The molecule has 0 aromatic carbocycles. The lowest BCUT2D eigenvalue weighted by Crippen LogP contribution is -2.00. The molecule has 0 fully saturated rings. The van der Waals surface area contributed by atoms with Crippen LogP contribution < -0.4 is 0 Å². The maximum absolute atomic E-state index is 10.8. The Bertz CT molecular complexity index is 274.